The van der Waals surface area contributed by atoms with Crippen LogP contribution in [-0.2, 0) is 6.54 Å². The van der Waals surface area contributed by atoms with Crippen LogP contribution in [-0.4, -0.2) is 19.5 Å². The van der Waals surface area contributed by atoms with Crippen molar-refractivity contribution in [1.82, 2.24) is 19.5 Å². The summed E-state index contributed by atoms with van der Waals surface area (Å²) in [6.45, 7) is 8.16. The molecule has 4 rings (SSSR count). The molecular formula is C19H16N4OS. The van der Waals surface area contributed by atoms with Crippen molar-refractivity contribution in [1.29, 1.82) is 0 Å². The quantitative estimate of drug-likeness (QED) is 0.526. The molecule has 5 nitrogen and oxygen atoms in total. The van der Waals surface area contributed by atoms with Crippen molar-refractivity contribution in [3.05, 3.63) is 64.9 Å². The topological polar surface area (TPSA) is 60.7 Å². The first-order valence-electron chi connectivity index (χ1n) is 7.90. The Labute approximate surface area is 148 Å². The van der Waals surface area contributed by atoms with Crippen LogP contribution in [0.3, 0.4) is 0 Å². The average molecular weight is 348 g/mol. The second-order valence-corrected chi connectivity index (χ2v) is 7.09. The molecule has 0 spiro atoms. The third-order valence-electron chi connectivity index (χ3n) is 3.96. The lowest BCUT2D eigenvalue weighted by Crippen LogP contribution is -2.19. The van der Waals surface area contributed by atoms with Crippen LogP contribution in [0.2, 0.25) is 0 Å². The molecular weight excluding hydrogens is 332 g/mol. The molecule has 124 valence electrons. The first-order chi connectivity index (χ1) is 12.0. The van der Waals surface area contributed by atoms with Crippen molar-refractivity contribution in [3.63, 3.8) is 0 Å². The van der Waals surface area contributed by atoms with Crippen LogP contribution in [0.5, 0.6) is 0 Å². The van der Waals surface area contributed by atoms with Crippen LogP contribution in [0.25, 0.3) is 31.8 Å². The van der Waals surface area contributed by atoms with Gasteiger partial charge in [0.1, 0.15) is 9.53 Å². The predicted octanol–water partition coefficient (Wildman–Crippen LogP) is 3.95. The fourth-order valence-corrected chi connectivity index (χ4v) is 3.98. The number of benzene rings is 1. The zero-order valence-electron chi connectivity index (χ0n) is 14.0. The van der Waals surface area contributed by atoms with Gasteiger partial charge in [0.15, 0.2) is 5.82 Å². The number of rotatable bonds is 3. The Kier molecular flexibility index (Phi) is 3.69. The summed E-state index contributed by atoms with van der Waals surface area (Å²) in [6, 6.07) is 9.84. The van der Waals surface area contributed by atoms with E-state index in [4.69, 9.17) is 0 Å². The highest BCUT2D eigenvalue weighted by Crippen LogP contribution is 2.32. The summed E-state index contributed by atoms with van der Waals surface area (Å²) in [7, 11) is 0. The minimum Gasteiger partial charge on any atom is -0.294 e. The second-order valence-electron chi connectivity index (χ2n) is 6.09. The molecule has 0 fully saturated rings. The van der Waals surface area contributed by atoms with Crippen LogP contribution in [0.4, 0.5) is 0 Å². The van der Waals surface area contributed by atoms with Gasteiger partial charge in [0.2, 0.25) is 0 Å². The van der Waals surface area contributed by atoms with E-state index in [9.17, 15) is 4.79 Å². The van der Waals surface area contributed by atoms with E-state index in [0.29, 0.717) is 22.6 Å². The van der Waals surface area contributed by atoms with E-state index in [0.717, 1.165) is 27.0 Å². The molecule has 0 saturated carbocycles. The number of hydrogen-bond acceptors (Lipinski definition) is 5. The molecule has 0 radical (unpaired) electrons. The van der Waals surface area contributed by atoms with Gasteiger partial charge < -0.3 is 0 Å². The second kappa shape index (κ2) is 5.89. The first-order valence-corrected chi connectivity index (χ1v) is 8.72. The zero-order valence-corrected chi connectivity index (χ0v) is 14.8. The van der Waals surface area contributed by atoms with Gasteiger partial charge in [-0.2, -0.15) is 0 Å². The SMILES string of the molecule is C=C(C)Cn1cnc2c(sc3nc(-c4ccccc4)nc(C)c32)c1=O. The Balaban J connectivity index is 1.99. The minimum atomic E-state index is -0.0586. The number of aryl methyl sites for hydroxylation is 1. The molecule has 0 N–H and O–H groups in total. The highest BCUT2D eigenvalue weighted by molar-refractivity contribution is 7.25. The van der Waals surface area contributed by atoms with Crippen molar-refractivity contribution in [2.24, 2.45) is 0 Å². The maximum absolute atomic E-state index is 12.7. The fraction of sp³-hybridized carbons (Fsp3) is 0.158. The molecule has 0 amide bonds. The molecule has 1 aromatic carbocycles. The highest BCUT2D eigenvalue weighted by Gasteiger charge is 2.16. The molecule has 0 unspecified atom stereocenters. The van der Waals surface area contributed by atoms with E-state index >= 15 is 0 Å². The van der Waals surface area contributed by atoms with E-state index < -0.39 is 0 Å². The Morgan fingerprint density at radius 1 is 1.24 bits per heavy atom. The molecule has 3 heterocycles. The van der Waals surface area contributed by atoms with Crippen LogP contribution in [0, 0.1) is 6.92 Å². The maximum atomic E-state index is 12.7. The van der Waals surface area contributed by atoms with Gasteiger partial charge in [0.25, 0.3) is 5.56 Å². The molecule has 0 aliphatic rings. The first kappa shape index (κ1) is 15.7. The van der Waals surface area contributed by atoms with Gasteiger partial charge in [-0.3, -0.25) is 9.36 Å². The Hall–Kier alpha value is -2.86. The van der Waals surface area contributed by atoms with E-state index in [2.05, 4.69) is 21.5 Å². The summed E-state index contributed by atoms with van der Waals surface area (Å²) < 4.78 is 2.20. The highest BCUT2D eigenvalue weighted by atomic mass is 32.1. The lowest BCUT2D eigenvalue weighted by atomic mass is 10.2. The van der Waals surface area contributed by atoms with Crippen molar-refractivity contribution >= 4 is 31.8 Å². The van der Waals surface area contributed by atoms with E-state index in [-0.39, 0.29) is 5.56 Å². The smallest absolute Gasteiger partial charge is 0.271 e. The number of fused-ring (bicyclic) bond motifs is 3. The lowest BCUT2D eigenvalue weighted by Gasteiger charge is -2.04. The molecule has 6 heteroatoms. The Morgan fingerprint density at radius 3 is 2.72 bits per heavy atom. The largest absolute Gasteiger partial charge is 0.294 e. The summed E-state index contributed by atoms with van der Waals surface area (Å²) >= 11 is 1.38. The molecule has 0 bridgehead atoms. The summed E-state index contributed by atoms with van der Waals surface area (Å²) in [5.74, 6) is 0.666. The monoisotopic (exact) mass is 348 g/mol. The van der Waals surface area contributed by atoms with Gasteiger partial charge in [-0.15, -0.1) is 11.3 Å². The normalized spacial score (nSPS) is 11.3. The Bertz CT molecular complexity index is 1170. The van der Waals surface area contributed by atoms with Crippen molar-refractivity contribution < 1.29 is 0 Å². The van der Waals surface area contributed by atoms with Gasteiger partial charge in [0, 0.05) is 12.1 Å². The molecule has 25 heavy (non-hydrogen) atoms. The van der Waals surface area contributed by atoms with E-state index in [1.807, 2.05) is 44.2 Å². The van der Waals surface area contributed by atoms with Crippen LogP contribution in [0.15, 0.2) is 53.6 Å². The van der Waals surface area contributed by atoms with Crippen molar-refractivity contribution in [3.8, 4) is 11.4 Å². The summed E-state index contributed by atoms with van der Waals surface area (Å²) in [6.07, 6.45) is 1.58. The predicted molar refractivity (Wildman–Crippen MR) is 102 cm³/mol. The Morgan fingerprint density at radius 2 is 2.00 bits per heavy atom. The molecule has 0 atom stereocenters. The zero-order chi connectivity index (χ0) is 17.6. The third-order valence-corrected chi connectivity index (χ3v) is 5.02. The van der Waals surface area contributed by atoms with Crippen LogP contribution in [0.1, 0.15) is 12.6 Å². The summed E-state index contributed by atoms with van der Waals surface area (Å²) in [4.78, 5) is 27.3. The van der Waals surface area contributed by atoms with Crippen molar-refractivity contribution in [2.45, 2.75) is 20.4 Å². The summed E-state index contributed by atoms with van der Waals surface area (Å²) in [5, 5.41) is 0.860. The van der Waals surface area contributed by atoms with Crippen LogP contribution < -0.4 is 5.56 Å². The number of hydrogen-bond donors (Lipinski definition) is 0. The fourth-order valence-electron chi connectivity index (χ4n) is 2.85. The molecule has 0 aliphatic heterocycles. The minimum absolute atomic E-state index is 0.0586. The van der Waals surface area contributed by atoms with Gasteiger partial charge >= 0.3 is 0 Å². The van der Waals surface area contributed by atoms with Gasteiger partial charge in [-0.25, -0.2) is 15.0 Å². The van der Waals surface area contributed by atoms with E-state index in [1.54, 1.807) is 10.9 Å². The number of aromatic nitrogens is 4. The number of thiophene rings is 1. The number of nitrogens with zero attached hydrogens (tertiary/aromatic N) is 4. The number of allylic oxidation sites excluding steroid dienone is 1. The van der Waals surface area contributed by atoms with Crippen molar-refractivity contribution in [2.75, 3.05) is 0 Å². The van der Waals surface area contributed by atoms with Gasteiger partial charge in [-0.05, 0) is 13.8 Å². The van der Waals surface area contributed by atoms with Crippen LogP contribution >= 0.6 is 11.3 Å². The molecule has 0 aliphatic carbocycles. The summed E-state index contributed by atoms with van der Waals surface area (Å²) in [5.41, 5.74) is 3.32. The average Bonchev–Trinajstić information content (AvgIpc) is 2.98. The van der Waals surface area contributed by atoms with Gasteiger partial charge in [0.05, 0.1) is 22.9 Å². The van der Waals surface area contributed by atoms with E-state index in [1.165, 1.54) is 11.3 Å². The lowest BCUT2D eigenvalue weighted by molar-refractivity contribution is 0.740. The third kappa shape index (κ3) is 2.64. The molecule has 3 aromatic heterocycles. The van der Waals surface area contributed by atoms with Gasteiger partial charge in [-0.1, -0.05) is 42.5 Å². The molecule has 0 saturated heterocycles. The molecule has 4 aromatic rings. The standard InChI is InChI=1S/C19H16N4OS/c1-11(2)9-23-10-20-15-14-12(3)21-17(13-7-5-4-6-8-13)22-18(14)25-16(15)19(23)24/h4-8,10H,1,9H2,2-3H3. The maximum Gasteiger partial charge on any atom is 0.271 e.